The predicted molar refractivity (Wildman–Crippen MR) is 86.1 cm³/mol. The molecule has 0 aliphatic heterocycles. The van der Waals surface area contributed by atoms with E-state index in [0.717, 1.165) is 12.0 Å². The molecule has 0 N–H and O–H groups in total. The summed E-state index contributed by atoms with van der Waals surface area (Å²) in [6.45, 7) is 8.68. The molecule has 0 spiro atoms. The molecular weight excluding hydrogens is 260 g/mol. The second-order valence-electron chi connectivity index (χ2n) is 6.93. The van der Waals surface area contributed by atoms with Gasteiger partial charge in [0.05, 0.1) is 5.92 Å². The monoisotopic (exact) mass is 288 g/mol. The Morgan fingerprint density at radius 1 is 1.14 bits per heavy atom. The van der Waals surface area contributed by atoms with Gasteiger partial charge in [0, 0.05) is 0 Å². The first-order valence-corrected chi connectivity index (χ1v) is 8.24. The molecule has 0 amide bonds. The Bertz CT molecular complexity index is 452. The van der Waals surface area contributed by atoms with Crippen LogP contribution < -0.4 is 0 Å². The highest BCUT2D eigenvalue weighted by atomic mass is 16.5. The molecule has 116 valence electrons. The summed E-state index contributed by atoms with van der Waals surface area (Å²) in [5.41, 5.74) is 1.03. The van der Waals surface area contributed by atoms with E-state index in [4.69, 9.17) is 4.74 Å². The van der Waals surface area contributed by atoms with Crippen LogP contribution in [0.2, 0.25) is 0 Å². The van der Waals surface area contributed by atoms with Crippen LogP contribution in [-0.4, -0.2) is 12.1 Å². The van der Waals surface area contributed by atoms with Gasteiger partial charge in [-0.15, -0.1) is 0 Å². The van der Waals surface area contributed by atoms with Gasteiger partial charge in [-0.25, -0.2) is 0 Å². The van der Waals surface area contributed by atoms with Gasteiger partial charge in [-0.05, 0) is 43.1 Å². The second kappa shape index (κ2) is 7.11. The molecule has 0 saturated heterocycles. The fourth-order valence-corrected chi connectivity index (χ4v) is 3.38. The standard InChI is InChI=1S/C19H28O2/c1-13(2)17-11-10-14(3)12-18(17)21-19(20)15(4)16-8-6-5-7-9-16/h5-9,13-15,17-18H,10-12H2,1-4H3/t14-,15-,17-,18-/m1/s1. The minimum absolute atomic E-state index is 0.0778. The third kappa shape index (κ3) is 4.09. The van der Waals surface area contributed by atoms with Crippen LogP contribution >= 0.6 is 0 Å². The van der Waals surface area contributed by atoms with Crippen LogP contribution in [0.4, 0.5) is 0 Å². The summed E-state index contributed by atoms with van der Waals surface area (Å²) in [4.78, 5) is 12.5. The van der Waals surface area contributed by atoms with Crippen LogP contribution in [0.25, 0.3) is 0 Å². The topological polar surface area (TPSA) is 26.3 Å². The molecule has 1 aromatic carbocycles. The molecule has 0 bridgehead atoms. The first-order chi connectivity index (χ1) is 9.99. The van der Waals surface area contributed by atoms with Gasteiger partial charge in [0.1, 0.15) is 6.10 Å². The highest BCUT2D eigenvalue weighted by Gasteiger charge is 2.34. The average molecular weight is 288 g/mol. The minimum Gasteiger partial charge on any atom is -0.462 e. The zero-order valence-corrected chi connectivity index (χ0v) is 13.7. The minimum atomic E-state index is -0.184. The molecule has 1 fully saturated rings. The molecule has 0 unspecified atom stereocenters. The van der Waals surface area contributed by atoms with E-state index in [9.17, 15) is 4.79 Å². The average Bonchev–Trinajstić information content (AvgIpc) is 2.47. The summed E-state index contributed by atoms with van der Waals surface area (Å²) in [6.07, 6.45) is 3.53. The second-order valence-corrected chi connectivity index (χ2v) is 6.93. The van der Waals surface area contributed by atoms with Crippen LogP contribution in [0.1, 0.15) is 58.4 Å². The highest BCUT2D eigenvalue weighted by molar-refractivity contribution is 5.77. The fraction of sp³-hybridized carbons (Fsp3) is 0.632. The van der Waals surface area contributed by atoms with Crippen molar-refractivity contribution < 1.29 is 9.53 Å². The first-order valence-electron chi connectivity index (χ1n) is 8.24. The lowest BCUT2D eigenvalue weighted by atomic mass is 9.75. The lowest BCUT2D eigenvalue weighted by molar-refractivity contribution is -0.157. The van der Waals surface area contributed by atoms with E-state index in [2.05, 4.69) is 20.8 Å². The van der Waals surface area contributed by atoms with E-state index in [1.807, 2.05) is 37.3 Å². The van der Waals surface area contributed by atoms with Crippen molar-refractivity contribution in [3.8, 4) is 0 Å². The largest absolute Gasteiger partial charge is 0.462 e. The van der Waals surface area contributed by atoms with Crippen LogP contribution in [-0.2, 0) is 9.53 Å². The van der Waals surface area contributed by atoms with Crippen molar-refractivity contribution in [2.75, 3.05) is 0 Å². The number of esters is 1. The number of carbonyl (C=O) groups excluding carboxylic acids is 1. The van der Waals surface area contributed by atoms with Crippen LogP contribution in [0.3, 0.4) is 0 Å². The van der Waals surface area contributed by atoms with Crippen molar-refractivity contribution in [1.29, 1.82) is 0 Å². The third-order valence-corrected chi connectivity index (χ3v) is 4.88. The number of hydrogen-bond acceptors (Lipinski definition) is 2. The Balaban J connectivity index is 2.02. The van der Waals surface area contributed by atoms with Crippen molar-refractivity contribution in [2.45, 2.75) is 59.0 Å². The summed E-state index contributed by atoms with van der Waals surface area (Å²) in [5.74, 6) is 1.47. The van der Waals surface area contributed by atoms with E-state index in [1.54, 1.807) is 0 Å². The molecule has 2 nitrogen and oxygen atoms in total. The molecule has 0 aromatic heterocycles. The van der Waals surface area contributed by atoms with Crippen molar-refractivity contribution in [3.63, 3.8) is 0 Å². The smallest absolute Gasteiger partial charge is 0.313 e. The van der Waals surface area contributed by atoms with Crippen molar-refractivity contribution in [3.05, 3.63) is 35.9 Å². The maximum Gasteiger partial charge on any atom is 0.313 e. The summed E-state index contributed by atoms with van der Waals surface area (Å²) in [7, 11) is 0. The number of rotatable bonds is 4. The van der Waals surface area contributed by atoms with Gasteiger partial charge in [-0.2, -0.15) is 0 Å². The molecule has 1 saturated carbocycles. The molecule has 2 heteroatoms. The van der Waals surface area contributed by atoms with E-state index < -0.39 is 0 Å². The SMILES string of the molecule is CC(C)[C@H]1CC[C@@H](C)C[C@H]1OC(=O)[C@H](C)c1ccccc1. The number of benzene rings is 1. The molecule has 1 aliphatic carbocycles. The predicted octanol–water partition coefficient (Wildman–Crippen LogP) is 4.79. The zero-order chi connectivity index (χ0) is 15.4. The molecule has 0 heterocycles. The number of ether oxygens (including phenoxy) is 1. The Morgan fingerprint density at radius 3 is 2.43 bits per heavy atom. The van der Waals surface area contributed by atoms with Crippen molar-refractivity contribution in [2.24, 2.45) is 17.8 Å². The molecule has 4 atom stereocenters. The normalized spacial score (nSPS) is 27.4. The van der Waals surface area contributed by atoms with E-state index in [1.165, 1.54) is 12.8 Å². The van der Waals surface area contributed by atoms with Gasteiger partial charge in [0.2, 0.25) is 0 Å². The van der Waals surface area contributed by atoms with Gasteiger partial charge < -0.3 is 4.74 Å². The number of carbonyl (C=O) groups is 1. The van der Waals surface area contributed by atoms with Gasteiger partial charge >= 0.3 is 5.97 Å². The summed E-state index contributed by atoms with van der Waals surface area (Å²) < 4.78 is 5.91. The first kappa shape index (κ1) is 16.1. The van der Waals surface area contributed by atoms with Gasteiger partial charge in [-0.1, -0.05) is 57.5 Å². The van der Waals surface area contributed by atoms with Gasteiger partial charge in [0.25, 0.3) is 0 Å². The lowest BCUT2D eigenvalue weighted by Crippen LogP contribution is -2.36. The fourth-order valence-electron chi connectivity index (χ4n) is 3.38. The maximum atomic E-state index is 12.5. The van der Waals surface area contributed by atoms with Crippen LogP contribution in [0.15, 0.2) is 30.3 Å². The Labute approximate surface area is 128 Å². The molecule has 1 aliphatic rings. The summed E-state index contributed by atoms with van der Waals surface area (Å²) in [5, 5.41) is 0. The molecule has 0 radical (unpaired) electrons. The maximum absolute atomic E-state index is 12.5. The zero-order valence-electron chi connectivity index (χ0n) is 13.7. The van der Waals surface area contributed by atoms with E-state index >= 15 is 0 Å². The Morgan fingerprint density at radius 2 is 1.81 bits per heavy atom. The van der Waals surface area contributed by atoms with Crippen molar-refractivity contribution in [1.82, 2.24) is 0 Å². The van der Waals surface area contributed by atoms with Crippen LogP contribution in [0.5, 0.6) is 0 Å². The molecule has 2 rings (SSSR count). The molecule has 21 heavy (non-hydrogen) atoms. The Hall–Kier alpha value is -1.31. The number of hydrogen-bond donors (Lipinski definition) is 0. The molecule has 1 aromatic rings. The van der Waals surface area contributed by atoms with Crippen LogP contribution in [0, 0.1) is 17.8 Å². The van der Waals surface area contributed by atoms with Gasteiger partial charge in [-0.3, -0.25) is 4.79 Å². The van der Waals surface area contributed by atoms with E-state index in [0.29, 0.717) is 17.8 Å². The van der Waals surface area contributed by atoms with Gasteiger partial charge in [0.15, 0.2) is 0 Å². The summed E-state index contributed by atoms with van der Waals surface area (Å²) >= 11 is 0. The van der Waals surface area contributed by atoms with Crippen molar-refractivity contribution >= 4 is 5.97 Å². The quantitative estimate of drug-likeness (QED) is 0.744. The van der Waals surface area contributed by atoms with E-state index in [-0.39, 0.29) is 18.0 Å². The highest BCUT2D eigenvalue weighted by Crippen LogP contribution is 2.36. The molecular formula is C19H28O2. The summed E-state index contributed by atoms with van der Waals surface area (Å²) in [6, 6.07) is 9.90. The Kier molecular flexibility index (Phi) is 5.44. The third-order valence-electron chi connectivity index (χ3n) is 4.88. The lowest BCUT2D eigenvalue weighted by Gasteiger charge is -2.37.